The zero-order valence-electron chi connectivity index (χ0n) is 13.8. The van der Waals surface area contributed by atoms with E-state index in [1.54, 1.807) is 0 Å². The number of rotatable bonds is 5. The molecule has 0 bridgehead atoms. The number of hydrogen-bond donors (Lipinski definition) is 2. The molecule has 24 heavy (non-hydrogen) atoms. The largest absolute Gasteiger partial charge is 0.481 e. The van der Waals surface area contributed by atoms with Gasteiger partial charge in [-0.05, 0) is 29.2 Å². The fourth-order valence-electron chi connectivity index (χ4n) is 3.82. The van der Waals surface area contributed by atoms with E-state index in [2.05, 4.69) is 5.32 Å². The van der Waals surface area contributed by atoms with Crippen molar-refractivity contribution in [1.82, 2.24) is 5.32 Å². The minimum absolute atomic E-state index is 0.00821. The maximum Gasteiger partial charge on any atom is 0.305 e. The van der Waals surface area contributed by atoms with Crippen LogP contribution in [0.15, 0.2) is 42.5 Å². The predicted molar refractivity (Wildman–Crippen MR) is 93.9 cm³/mol. The van der Waals surface area contributed by atoms with Crippen LogP contribution in [0.2, 0.25) is 0 Å². The number of carboxylic acids is 1. The van der Waals surface area contributed by atoms with E-state index in [1.807, 2.05) is 42.5 Å². The summed E-state index contributed by atoms with van der Waals surface area (Å²) in [5.74, 6) is -0.933. The van der Waals surface area contributed by atoms with Crippen LogP contribution >= 0.6 is 0 Å². The second-order valence-electron chi connectivity index (χ2n) is 6.77. The third-order valence-electron chi connectivity index (χ3n) is 4.94. The van der Waals surface area contributed by atoms with Crippen molar-refractivity contribution in [2.75, 3.05) is 0 Å². The number of carbonyl (C=O) groups is 2. The Morgan fingerprint density at radius 1 is 1.00 bits per heavy atom. The molecule has 2 aromatic carbocycles. The van der Waals surface area contributed by atoms with Gasteiger partial charge in [-0.15, -0.1) is 0 Å². The molecule has 2 aromatic rings. The van der Waals surface area contributed by atoms with Gasteiger partial charge in [-0.25, -0.2) is 0 Å². The van der Waals surface area contributed by atoms with Gasteiger partial charge in [0, 0.05) is 0 Å². The Morgan fingerprint density at radius 2 is 1.71 bits per heavy atom. The minimum Gasteiger partial charge on any atom is -0.481 e. The summed E-state index contributed by atoms with van der Waals surface area (Å²) in [6.45, 7) is 0. The van der Waals surface area contributed by atoms with Gasteiger partial charge < -0.3 is 10.4 Å². The van der Waals surface area contributed by atoms with Crippen LogP contribution in [-0.4, -0.2) is 22.5 Å². The molecule has 1 aliphatic carbocycles. The van der Waals surface area contributed by atoms with Crippen LogP contribution in [0.3, 0.4) is 0 Å². The molecule has 1 aliphatic rings. The lowest BCUT2D eigenvalue weighted by Crippen LogP contribution is -2.51. The summed E-state index contributed by atoms with van der Waals surface area (Å²) in [6, 6.07) is 14.0. The van der Waals surface area contributed by atoms with Crippen molar-refractivity contribution < 1.29 is 14.7 Å². The average molecular weight is 325 g/mol. The first-order valence-electron chi connectivity index (χ1n) is 8.57. The van der Waals surface area contributed by atoms with Crippen molar-refractivity contribution in [2.24, 2.45) is 0 Å². The Balaban J connectivity index is 1.77. The predicted octanol–water partition coefficient (Wildman–Crippen LogP) is 3.68. The standard InChI is InChI=1S/C20H23NO3/c22-18(21-20(14-19(23)24)11-4-1-5-12-20)13-16-9-6-8-15-7-2-3-10-17(15)16/h2-3,6-10H,1,4-5,11-14H2,(H,21,22)(H,23,24). The molecule has 0 radical (unpaired) electrons. The van der Waals surface area contributed by atoms with Gasteiger partial charge in [0.1, 0.15) is 0 Å². The summed E-state index contributed by atoms with van der Waals surface area (Å²) in [5.41, 5.74) is 0.401. The van der Waals surface area contributed by atoms with Crippen molar-refractivity contribution >= 4 is 22.6 Å². The van der Waals surface area contributed by atoms with Gasteiger partial charge in [-0.2, -0.15) is 0 Å². The molecular weight excluding hydrogens is 302 g/mol. The van der Waals surface area contributed by atoms with Gasteiger partial charge in [-0.1, -0.05) is 61.7 Å². The average Bonchev–Trinajstić information content (AvgIpc) is 2.55. The van der Waals surface area contributed by atoms with E-state index in [9.17, 15) is 14.7 Å². The van der Waals surface area contributed by atoms with E-state index >= 15 is 0 Å². The summed E-state index contributed by atoms with van der Waals surface area (Å²) in [5, 5.41) is 14.5. The molecular formula is C20H23NO3. The van der Waals surface area contributed by atoms with Crippen molar-refractivity contribution in [3.63, 3.8) is 0 Å². The number of nitrogens with one attached hydrogen (secondary N) is 1. The van der Waals surface area contributed by atoms with Crippen LogP contribution in [0, 0.1) is 0 Å². The van der Waals surface area contributed by atoms with Crippen molar-refractivity contribution in [3.8, 4) is 0 Å². The van der Waals surface area contributed by atoms with Gasteiger partial charge in [0.2, 0.25) is 5.91 Å². The second-order valence-corrected chi connectivity index (χ2v) is 6.77. The highest BCUT2D eigenvalue weighted by atomic mass is 16.4. The first kappa shape index (κ1) is 16.5. The first-order valence-corrected chi connectivity index (χ1v) is 8.57. The Hall–Kier alpha value is -2.36. The number of aliphatic carboxylic acids is 1. The van der Waals surface area contributed by atoms with Crippen LogP contribution in [-0.2, 0) is 16.0 Å². The minimum atomic E-state index is -0.845. The second kappa shape index (κ2) is 7.04. The number of carbonyl (C=O) groups excluding carboxylic acids is 1. The number of amides is 1. The summed E-state index contributed by atoms with van der Waals surface area (Å²) in [4.78, 5) is 23.8. The molecule has 0 unspecified atom stereocenters. The number of benzene rings is 2. The molecule has 4 heteroatoms. The van der Waals surface area contributed by atoms with Crippen LogP contribution in [0.5, 0.6) is 0 Å². The van der Waals surface area contributed by atoms with Crippen molar-refractivity contribution in [1.29, 1.82) is 0 Å². The molecule has 0 aromatic heterocycles. The third-order valence-corrected chi connectivity index (χ3v) is 4.94. The van der Waals surface area contributed by atoms with Gasteiger partial charge in [-0.3, -0.25) is 9.59 Å². The maximum atomic E-state index is 12.6. The van der Waals surface area contributed by atoms with Gasteiger partial charge in [0.25, 0.3) is 0 Å². The van der Waals surface area contributed by atoms with Gasteiger partial charge in [0.15, 0.2) is 0 Å². The highest BCUT2D eigenvalue weighted by Crippen LogP contribution is 2.31. The molecule has 1 amide bonds. The topological polar surface area (TPSA) is 66.4 Å². The number of hydrogen-bond acceptors (Lipinski definition) is 2. The molecule has 4 nitrogen and oxygen atoms in total. The van der Waals surface area contributed by atoms with Crippen molar-refractivity contribution in [2.45, 2.75) is 50.5 Å². The molecule has 1 fully saturated rings. The van der Waals surface area contributed by atoms with Crippen LogP contribution in [0.1, 0.15) is 44.1 Å². The molecule has 0 atom stereocenters. The Morgan fingerprint density at radius 3 is 2.46 bits per heavy atom. The number of fused-ring (bicyclic) bond motifs is 1. The van der Waals surface area contributed by atoms with Crippen LogP contribution < -0.4 is 5.32 Å². The zero-order valence-corrected chi connectivity index (χ0v) is 13.8. The van der Waals surface area contributed by atoms with E-state index in [4.69, 9.17) is 0 Å². The van der Waals surface area contributed by atoms with Gasteiger partial charge in [0.05, 0.1) is 18.4 Å². The molecule has 3 rings (SSSR count). The number of carboxylic acid groups (broad SMARTS) is 1. The lowest BCUT2D eigenvalue weighted by molar-refractivity contribution is -0.139. The van der Waals surface area contributed by atoms with E-state index in [1.165, 1.54) is 0 Å². The fraction of sp³-hybridized carbons (Fsp3) is 0.400. The van der Waals surface area contributed by atoms with E-state index < -0.39 is 11.5 Å². The van der Waals surface area contributed by atoms with Crippen LogP contribution in [0.4, 0.5) is 0 Å². The lowest BCUT2D eigenvalue weighted by Gasteiger charge is -2.37. The molecule has 126 valence electrons. The summed E-state index contributed by atoms with van der Waals surface area (Å²) >= 11 is 0. The van der Waals surface area contributed by atoms with E-state index in [0.29, 0.717) is 0 Å². The third kappa shape index (κ3) is 3.75. The monoisotopic (exact) mass is 325 g/mol. The lowest BCUT2D eigenvalue weighted by atomic mass is 9.79. The quantitative estimate of drug-likeness (QED) is 0.881. The molecule has 0 aliphatic heterocycles. The zero-order chi connectivity index (χ0) is 17.0. The fourth-order valence-corrected chi connectivity index (χ4v) is 3.82. The first-order chi connectivity index (χ1) is 11.6. The molecule has 0 spiro atoms. The Kier molecular flexibility index (Phi) is 4.84. The molecule has 1 saturated carbocycles. The highest BCUT2D eigenvalue weighted by Gasteiger charge is 2.35. The normalized spacial score (nSPS) is 16.7. The molecule has 2 N–H and O–H groups in total. The van der Waals surface area contributed by atoms with Crippen LogP contribution in [0.25, 0.3) is 10.8 Å². The van der Waals surface area contributed by atoms with Gasteiger partial charge >= 0.3 is 5.97 Å². The van der Waals surface area contributed by atoms with Crippen molar-refractivity contribution in [3.05, 3.63) is 48.0 Å². The smallest absolute Gasteiger partial charge is 0.305 e. The summed E-state index contributed by atoms with van der Waals surface area (Å²) in [7, 11) is 0. The maximum absolute atomic E-state index is 12.6. The van der Waals surface area contributed by atoms with E-state index in [-0.39, 0.29) is 18.7 Å². The Labute approximate surface area is 141 Å². The highest BCUT2D eigenvalue weighted by molar-refractivity contribution is 5.90. The van der Waals surface area contributed by atoms with E-state index in [0.717, 1.165) is 48.4 Å². The molecule has 0 saturated heterocycles. The Bertz CT molecular complexity index is 742. The SMILES string of the molecule is O=C(O)CC1(NC(=O)Cc2cccc3ccccc23)CCCCC1. The summed E-state index contributed by atoms with van der Waals surface area (Å²) in [6.07, 6.45) is 4.85. The molecule has 0 heterocycles. The summed E-state index contributed by atoms with van der Waals surface area (Å²) < 4.78 is 0.